The maximum atomic E-state index is 12.1. The van der Waals surface area contributed by atoms with Crippen molar-refractivity contribution in [1.29, 1.82) is 5.26 Å². The van der Waals surface area contributed by atoms with E-state index in [2.05, 4.69) is 10.6 Å². The van der Waals surface area contributed by atoms with Gasteiger partial charge in [0.25, 0.3) is 11.6 Å². The SMILES string of the molecule is N#C/C(=C/NCCc1ccc(Cl)cc1)C(=O)Nc1cccc([N+](=O)[O-])c1. The predicted octanol–water partition coefficient (Wildman–Crippen LogP) is 3.43. The number of nitro groups is 1. The van der Waals surface area contributed by atoms with E-state index in [4.69, 9.17) is 16.9 Å². The number of hydrogen-bond acceptors (Lipinski definition) is 5. The van der Waals surface area contributed by atoms with Gasteiger partial charge >= 0.3 is 0 Å². The van der Waals surface area contributed by atoms with E-state index in [1.165, 1.54) is 30.5 Å². The van der Waals surface area contributed by atoms with Crippen molar-refractivity contribution in [2.75, 3.05) is 11.9 Å². The van der Waals surface area contributed by atoms with Crippen LogP contribution < -0.4 is 10.6 Å². The normalized spacial score (nSPS) is 10.7. The lowest BCUT2D eigenvalue weighted by atomic mass is 10.1. The number of amides is 1. The average Bonchev–Trinajstić information content (AvgIpc) is 2.63. The van der Waals surface area contributed by atoms with E-state index in [0.717, 1.165) is 5.56 Å². The lowest BCUT2D eigenvalue weighted by Gasteiger charge is -2.05. The number of benzene rings is 2. The van der Waals surface area contributed by atoms with Gasteiger partial charge in [0.2, 0.25) is 0 Å². The number of non-ortho nitro benzene ring substituents is 1. The third-order valence-electron chi connectivity index (χ3n) is 3.40. The second-order valence-electron chi connectivity index (χ2n) is 5.26. The molecule has 2 rings (SSSR count). The van der Waals surface area contributed by atoms with Crippen molar-refractivity contribution in [3.63, 3.8) is 0 Å². The van der Waals surface area contributed by atoms with Crippen LogP contribution in [0.1, 0.15) is 5.56 Å². The highest BCUT2D eigenvalue weighted by Gasteiger charge is 2.11. The summed E-state index contributed by atoms with van der Waals surface area (Å²) >= 11 is 5.82. The molecule has 0 aliphatic carbocycles. The minimum absolute atomic E-state index is 0.132. The molecular weight excluding hydrogens is 356 g/mol. The minimum atomic E-state index is -0.646. The number of carbonyl (C=O) groups is 1. The van der Waals surface area contributed by atoms with E-state index < -0.39 is 10.8 Å². The molecule has 0 unspecified atom stereocenters. The smallest absolute Gasteiger partial charge is 0.271 e. The Hall–Kier alpha value is -3.37. The molecule has 0 atom stereocenters. The topological polar surface area (TPSA) is 108 Å². The number of nitrogens with one attached hydrogen (secondary N) is 2. The zero-order valence-corrected chi connectivity index (χ0v) is 14.4. The molecule has 7 nitrogen and oxygen atoms in total. The van der Waals surface area contributed by atoms with Gasteiger partial charge in [0.15, 0.2) is 0 Å². The van der Waals surface area contributed by atoms with Crippen molar-refractivity contribution in [3.8, 4) is 6.07 Å². The number of nitriles is 1. The number of anilines is 1. The molecule has 1 amide bonds. The first-order valence-corrected chi connectivity index (χ1v) is 8.01. The highest BCUT2D eigenvalue weighted by Crippen LogP contribution is 2.17. The van der Waals surface area contributed by atoms with Gasteiger partial charge in [0.1, 0.15) is 11.6 Å². The van der Waals surface area contributed by atoms with E-state index in [1.807, 2.05) is 12.1 Å². The van der Waals surface area contributed by atoms with Crippen LogP contribution in [0.15, 0.2) is 60.3 Å². The van der Waals surface area contributed by atoms with Gasteiger partial charge in [-0.05, 0) is 30.2 Å². The summed E-state index contributed by atoms with van der Waals surface area (Å²) in [7, 11) is 0. The van der Waals surface area contributed by atoms with Gasteiger partial charge < -0.3 is 10.6 Å². The molecule has 0 saturated heterocycles. The number of carbonyl (C=O) groups excluding carboxylic acids is 1. The van der Waals surface area contributed by atoms with Crippen LogP contribution in [0, 0.1) is 21.4 Å². The monoisotopic (exact) mass is 370 g/mol. The minimum Gasteiger partial charge on any atom is -0.389 e. The summed E-state index contributed by atoms with van der Waals surface area (Å²) in [4.78, 5) is 22.3. The molecule has 0 aliphatic rings. The van der Waals surface area contributed by atoms with Crippen molar-refractivity contribution in [3.05, 3.63) is 81.0 Å². The fourth-order valence-corrected chi connectivity index (χ4v) is 2.21. The van der Waals surface area contributed by atoms with Gasteiger partial charge in [0.05, 0.1) is 4.92 Å². The summed E-state index contributed by atoms with van der Waals surface area (Å²) in [6.07, 6.45) is 2.02. The van der Waals surface area contributed by atoms with Gasteiger partial charge in [-0.15, -0.1) is 0 Å². The Balaban J connectivity index is 1.92. The molecule has 2 aromatic rings. The van der Waals surface area contributed by atoms with Gasteiger partial charge in [-0.25, -0.2) is 0 Å². The first-order chi connectivity index (χ1) is 12.5. The van der Waals surface area contributed by atoms with Crippen LogP contribution in [0.25, 0.3) is 0 Å². The summed E-state index contributed by atoms with van der Waals surface area (Å²) in [5.74, 6) is -0.646. The highest BCUT2D eigenvalue weighted by molar-refractivity contribution is 6.30. The van der Waals surface area contributed by atoms with Crippen LogP contribution in [0.5, 0.6) is 0 Å². The lowest BCUT2D eigenvalue weighted by Crippen LogP contribution is -2.18. The Kier molecular flexibility index (Phi) is 6.71. The lowest BCUT2D eigenvalue weighted by molar-refractivity contribution is -0.384. The quantitative estimate of drug-likeness (QED) is 0.255. The summed E-state index contributed by atoms with van der Waals surface area (Å²) in [6, 6.07) is 14.7. The fraction of sp³-hybridized carbons (Fsp3) is 0.111. The van der Waals surface area contributed by atoms with Crippen LogP contribution in [-0.4, -0.2) is 17.4 Å². The molecule has 0 bridgehead atoms. The summed E-state index contributed by atoms with van der Waals surface area (Å²) in [5.41, 5.74) is 1.03. The van der Waals surface area contributed by atoms with E-state index in [-0.39, 0.29) is 16.9 Å². The molecule has 0 radical (unpaired) electrons. The maximum absolute atomic E-state index is 12.1. The summed E-state index contributed by atoms with van der Waals surface area (Å²) in [6.45, 7) is 0.525. The van der Waals surface area contributed by atoms with Crippen LogP contribution in [0.3, 0.4) is 0 Å². The van der Waals surface area contributed by atoms with Crippen molar-refractivity contribution in [2.45, 2.75) is 6.42 Å². The maximum Gasteiger partial charge on any atom is 0.271 e. The molecule has 0 aliphatic heterocycles. The van der Waals surface area contributed by atoms with E-state index in [1.54, 1.807) is 18.2 Å². The Morgan fingerprint density at radius 1 is 1.27 bits per heavy atom. The van der Waals surface area contributed by atoms with Crippen LogP contribution in [0.4, 0.5) is 11.4 Å². The van der Waals surface area contributed by atoms with Crippen LogP contribution >= 0.6 is 11.6 Å². The Morgan fingerprint density at radius 3 is 2.65 bits per heavy atom. The van der Waals surface area contributed by atoms with E-state index in [0.29, 0.717) is 18.0 Å². The first-order valence-electron chi connectivity index (χ1n) is 7.63. The Bertz CT molecular complexity index is 873. The van der Waals surface area contributed by atoms with E-state index >= 15 is 0 Å². The summed E-state index contributed by atoms with van der Waals surface area (Å²) < 4.78 is 0. The Morgan fingerprint density at radius 2 is 2.00 bits per heavy atom. The number of halogens is 1. The molecule has 0 saturated carbocycles. The molecule has 8 heteroatoms. The second kappa shape index (κ2) is 9.20. The van der Waals surface area contributed by atoms with Gasteiger partial charge in [-0.3, -0.25) is 14.9 Å². The van der Waals surface area contributed by atoms with Crippen molar-refractivity contribution in [1.82, 2.24) is 5.32 Å². The van der Waals surface area contributed by atoms with Gasteiger partial charge in [0, 0.05) is 35.6 Å². The molecule has 0 fully saturated rings. The number of rotatable bonds is 7. The van der Waals surface area contributed by atoms with Crippen LogP contribution in [0.2, 0.25) is 5.02 Å². The number of nitrogens with zero attached hydrogens (tertiary/aromatic N) is 2. The van der Waals surface area contributed by atoms with Crippen molar-refractivity contribution in [2.24, 2.45) is 0 Å². The molecule has 26 heavy (non-hydrogen) atoms. The molecule has 2 aromatic carbocycles. The average molecular weight is 371 g/mol. The van der Waals surface area contributed by atoms with Crippen molar-refractivity contribution >= 4 is 28.9 Å². The van der Waals surface area contributed by atoms with Crippen molar-refractivity contribution < 1.29 is 9.72 Å². The van der Waals surface area contributed by atoms with E-state index in [9.17, 15) is 14.9 Å². The molecule has 2 N–H and O–H groups in total. The second-order valence-corrected chi connectivity index (χ2v) is 5.70. The molecule has 0 spiro atoms. The van der Waals surface area contributed by atoms with Crippen LogP contribution in [-0.2, 0) is 11.2 Å². The standard InChI is InChI=1S/C18H15ClN4O3/c19-15-6-4-13(5-7-15)8-9-21-12-14(11-20)18(24)22-16-2-1-3-17(10-16)23(25)26/h1-7,10,12,21H,8-9H2,(H,22,24)/b14-12-. The number of nitro benzene ring substituents is 1. The zero-order chi connectivity index (χ0) is 18.9. The number of hydrogen-bond donors (Lipinski definition) is 2. The third-order valence-corrected chi connectivity index (χ3v) is 3.65. The zero-order valence-electron chi connectivity index (χ0n) is 13.6. The first kappa shape index (κ1) is 19.0. The molecule has 0 aromatic heterocycles. The van der Waals surface area contributed by atoms with Gasteiger partial charge in [-0.2, -0.15) is 5.26 Å². The van der Waals surface area contributed by atoms with Gasteiger partial charge in [-0.1, -0.05) is 29.8 Å². The fourth-order valence-electron chi connectivity index (χ4n) is 2.09. The summed E-state index contributed by atoms with van der Waals surface area (Å²) in [5, 5.41) is 25.9. The molecular formula is C18H15ClN4O3. The largest absolute Gasteiger partial charge is 0.389 e. The molecule has 0 heterocycles. The third kappa shape index (κ3) is 5.61. The predicted molar refractivity (Wildman–Crippen MR) is 98.6 cm³/mol. The Labute approximate surface area is 155 Å². The molecule has 132 valence electrons. The highest BCUT2D eigenvalue weighted by atomic mass is 35.5.